The van der Waals surface area contributed by atoms with Crippen molar-refractivity contribution in [3.63, 3.8) is 0 Å². The monoisotopic (exact) mass is 358 g/mol. The van der Waals surface area contributed by atoms with Gasteiger partial charge in [-0.2, -0.15) is 11.8 Å². The van der Waals surface area contributed by atoms with Gasteiger partial charge in [-0.15, -0.1) is 0 Å². The Hall–Kier alpha value is -0.0300. The van der Waals surface area contributed by atoms with Crippen molar-refractivity contribution in [2.45, 2.75) is 44.8 Å². The molecule has 1 aromatic rings. The molecule has 3 atom stereocenters. The van der Waals surface area contributed by atoms with E-state index in [1.165, 1.54) is 5.56 Å². The van der Waals surface area contributed by atoms with Gasteiger partial charge >= 0.3 is 0 Å². The van der Waals surface area contributed by atoms with Crippen LogP contribution in [0, 0.1) is 0 Å². The third-order valence-corrected chi connectivity index (χ3v) is 5.12. The Labute approximate surface area is 136 Å². The second-order valence-corrected chi connectivity index (χ2v) is 7.08. The molecule has 1 rings (SSSR count). The summed E-state index contributed by atoms with van der Waals surface area (Å²) < 4.78 is 1.12. The fourth-order valence-corrected chi connectivity index (χ4v) is 3.91. The van der Waals surface area contributed by atoms with Gasteiger partial charge in [0.05, 0.1) is 0 Å². The Morgan fingerprint density at radius 2 is 2.00 bits per heavy atom. The lowest BCUT2D eigenvalue weighted by molar-refractivity contribution is 0.157. The molecular weight excluding hydrogens is 332 g/mol. The first-order chi connectivity index (χ1) is 9.54. The number of hydrogen-bond acceptors (Lipinski definition) is 3. The number of thioether (sulfide) groups is 1. The van der Waals surface area contributed by atoms with Gasteiger partial charge in [-0.05, 0) is 43.8 Å². The van der Waals surface area contributed by atoms with E-state index in [0.717, 1.165) is 23.1 Å². The summed E-state index contributed by atoms with van der Waals surface area (Å²) in [5.41, 5.74) is 7.73. The lowest BCUT2D eigenvalue weighted by atomic mass is 9.95. The number of hydrogen-bond donors (Lipinski definition) is 1. The van der Waals surface area contributed by atoms with Gasteiger partial charge in [-0.1, -0.05) is 41.9 Å². The summed E-state index contributed by atoms with van der Waals surface area (Å²) in [5, 5.41) is 0. The number of rotatable bonds is 8. The molecule has 2 N–H and O–H groups in total. The predicted molar refractivity (Wildman–Crippen MR) is 95.4 cm³/mol. The molecule has 0 bridgehead atoms. The maximum atomic E-state index is 6.43. The molecule has 4 heteroatoms. The highest BCUT2D eigenvalue weighted by molar-refractivity contribution is 9.10. The second kappa shape index (κ2) is 9.08. The molecule has 0 saturated heterocycles. The largest absolute Gasteiger partial charge is 0.326 e. The molecular formula is C16H27BrN2S. The first-order valence-electron chi connectivity index (χ1n) is 7.27. The normalized spacial score (nSPS) is 16.1. The van der Waals surface area contributed by atoms with Crippen molar-refractivity contribution in [2.75, 3.05) is 19.1 Å². The fourth-order valence-electron chi connectivity index (χ4n) is 2.64. The van der Waals surface area contributed by atoms with Gasteiger partial charge in [0.25, 0.3) is 0 Å². The Morgan fingerprint density at radius 3 is 2.50 bits per heavy atom. The van der Waals surface area contributed by atoms with E-state index in [9.17, 15) is 0 Å². The Balaban J connectivity index is 3.05. The molecule has 0 spiro atoms. The molecule has 0 radical (unpaired) electrons. The van der Waals surface area contributed by atoms with E-state index in [2.05, 4.69) is 72.2 Å². The van der Waals surface area contributed by atoms with Crippen LogP contribution in [0.15, 0.2) is 28.7 Å². The highest BCUT2D eigenvalue weighted by Crippen LogP contribution is 2.29. The summed E-state index contributed by atoms with van der Waals surface area (Å²) in [7, 11) is 2.21. The van der Waals surface area contributed by atoms with Crippen LogP contribution in [0.2, 0.25) is 0 Å². The third kappa shape index (κ3) is 4.76. The first kappa shape index (κ1) is 18.0. The number of halogens is 1. The molecule has 0 fully saturated rings. The van der Waals surface area contributed by atoms with Crippen molar-refractivity contribution in [3.05, 3.63) is 34.3 Å². The summed E-state index contributed by atoms with van der Waals surface area (Å²) in [6.07, 6.45) is 4.31. The van der Waals surface area contributed by atoms with E-state index in [4.69, 9.17) is 5.73 Å². The minimum absolute atomic E-state index is 0.158. The molecule has 0 heterocycles. The van der Waals surface area contributed by atoms with Crippen molar-refractivity contribution in [3.8, 4) is 0 Å². The predicted octanol–water partition coefficient (Wildman–Crippen LogP) is 4.30. The molecule has 20 heavy (non-hydrogen) atoms. The number of likely N-dealkylation sites (N-methyl/N-ethyl adjacent to an activating group) is 1. The molecule has 1 aromatic carbocycles. The zero-order valence-corrected chi connectivity index (χ0v) is 15.4. The van der Waals surface area contributed by atoms with E-state index >= 15 is 0 Å². The topological polar surface area (TPSA) is 29.3 Å². The van der Waals surface area contributed by atoms with Crippen LogP contribution < -0.4 is 5.73 Å². The summed E-state index contributed by atoms with van der Waals surface area (Å²) in [4.78, 5) is 2.46. The molecule has 2 nitrogen and oxygen atoms in total. The molecule has 0 aliphatic carbocycles. The third-order valence-electron chi connectivity index (χ3n) is 3.91. The van der Waals surface area contributed by atoms with Crippen LogP contribution in [0.5, 0.6) is 0 Å². The van der Waals surface area contributed by atoms with E-state index in [1.54, 1.807) is 0 Å². The van der Waals surface area contributed by atoms with Gasteiger partial charge in [0, 0.05) is 28.4 Å². The van der Waals surface area contributed by atoms with E-state index in [1.807, 2.05) is 11.8 Å². The maximum Gasteiger partial charge on any atom is 0.0499 e. The van der Waals surface area contributed by atoms with E-state index < -0.39 is 0 Å². The summed E-state index contributed by atoms with van der Waals surface area (Å²) in [6.45, 7) is 4.42. The van der Waals surface area contributed by atoms with E-state index in [-0.39, 0.29) is 12.1 Å². The number of nitrogens with two attached hydrogens (primary N) is 1. The zero-order chi connectivity index (χ0) is 15.1. The van der Waals surface area contributed by atoms with Gasteiger partial charge in [-0.25, -0.2) is 0 Å². The van der Waals surface area contributed by atoms with Crippen molar-refractivity contribution < 1.29 is 0 Å². The van der Waals surface area contributed by atoms with Crippen molar-refractivity contribution in [2.24, 2.45) is 5.73 Å². The molecule has 0 aliphatic heterocycles. The van der Waals surface area contributed by atoms with Gasteiger partial charge in [-0.3, -0.25) is 4.90 Å². The van der Waals surface area contributed by atoms with Gasteiger partial charge in [0.2, 0.25) is 0 Å². The highest BCUT2D eigenvalue weighted by atomic mass is 79.9. The Morgan fingerprint density at radius 1 is 1.30 bits per heavy atom. The van der Waals surface area contributed by atoms with Crippen LogP contribution in [0.1, 0.15) is 38.3 Å². The number of benzene rings is 1. The smallest absolute Gasteiger partial charge is 0.0499 e. The number of nitrogens with zero attached hydrogens (tertiary/aromatic N) is 1. The second-order valence-electron chi connectivity index (χ2n) is 5.25. The molecule has 0 saturated carbocycles. The van der Waals surface area contributed by atoms with E-state index in [0.29, 0.717) is 6.04 Å². The lowest BCUT2D eigenvalue weighted by Gasteiger charge is -2.38. The van der Waals surface area contributed by atoms with Crippen molar-refractivity contribution >= 4 is 27.7 Å². The van der Waals surface area contributed by atoms with Crippen LogP contribution in [-0.4, -0.2) is 36.0 Å². The summed E-state index contributed by atoms with van der Waals surface area (Å²) in [5.74, 6) is 1.15. The van der Waals surface area contributed by atoms with Crippen LogP contribution in [-0.2, 0) is 0 Å². The SMILES string of the molecule is CCC(N)C(c1cccc(Br)c1)N(C)C(CC)CSC. The van der Waals surface area contributed by atoms with Gasteiger partial charge in [0.1, 0.15) is 0 Å². The summed E-state index contributed by atoms with van der Waals surface area (Å²) >= 11 is 5.48. The maximum absolute atomic E-state index is 6.43. The molecule has 0 aromatic heterocycles. The average Bonchev–Trinajstić information content (AvgIpc) is 2.44. The molecule has 0 amide bonds. The zero-order valence-electron chi connectivity index (χ0n) is 13.0. The van der Waals surface area contributed by atoms with Gasteiger partial charge < -0.3 is 5.73 Å². The molecule has 3 unspecified atom stereocenters. The van der Waals surface area contributed by atoms with Crippen LogP contribution >= 0.6 is 27.7 Å². The van der Waals surface area contributed by atoms with Crippen LogP contribution in [0.25, 0.3) is 0 Å². The average molecular weight is 359 g/mol. The van der Waals surface area contributed by atoms with Crippen LogP contribution in [0.4, 0.5) is 0 Å². The van der Waals surface area contributed by atoms with Gasteiger partial charge in [0.15, 0.2) is 0 Å². The quantitative estimate of drug-likeness (QED) is 0.750. The highest BCUT2D eigenvalue weighted by Gasteiger charge is 2.27. The minimum Gasteiger partial charge on any atom is -0.326 e. The summed E-state index contributed by atoms with van der Waals surface area (Å²) in [6, 6.07) is 9.54. The Bertz CT molecular complexity index is 400. The minimum atomic E-state index is 0.158. The lowest BCUT2D eigenvalue weighted by Crippen LogP contribution is -2.44. The fraction of sp³-hybridized carbons (Fsp3) is 0.625. The molecule has 114 valence electrons. The van der Waals surface area contributed by atoms with Crippen molar-refractivity contribution in [1.29, 1.82) is 0 Å². The molecule has 0 aliphatic rings. The Kier molecular flexibility index (Phi) is 8.18. The standard InChI is InChI=1S/C16H27BrN2S/c1-5-14(11-20-4)19(3)16(15(18)6-2)12-8-7-9-13(17)10-12/h7-10,14-16H,5-6,11,18H2,1-4H3. The van der Waals surface area contributed by atoms with Crippen molar-refractivity contribution in [1.82, 2.24) is 4.90 Å². The van der Waals surface area contributed by atoms with Crippen LogP contribution in [0.3, 0.4) is 0 Å². The first-order valence-corrected chi connectivity index (χ1v) is 9.45.